The number of fused-ring (bicyclic) bond motifs is 1. The fourth-order valence-electron chi connectivity index (χ4n) is 3.90. The zero-order valence-corrected chi connectivity index (χ0v) is 17.3. The van der Waals surface area contributed by atoms with E-state index in [0.717, 1.165) is 35.1 Å². The van der Waals surface area contributed by atoms with Crippen molar-refractivity contribution in [1.29, 1.82) is 0 Å². The van der Waals surface area contributed by atoms with Crippen molar-refractivity contribution in [2.45, 2.75) is 53.0 Å². The summed E-state index contributed by atoms with van der Waals surface area (Å²) in [5, 5.41) is 0.732. The van der Waals surface area contributed by atoms with E-state index in [1.807, 2.05) is 43.3 Å². The van der Waals surface area contributed by atoms with Gasteiger partial charge in [0.15, 0.2) is 5.75 Å². The molecule has 3 rings (SSSR count). The molecule has 0 saturated heterocycles. The average Bonchev–Trinajstić information content (AvgIpc) is 2.74. The van der Waals surface area contributed by atoms with E-state index < -0.39 is 0 Å². The molecule has 1 unspecified atom stereocenters. The minimum Gasteiger partial charge on any atom is -0.488 e. The monoisotopic (exact) mass is 377 g/mol. The van der Waals surface area contributed by atoms with Gasteiger partial charge in [-0.05, 0) is 31.4 Å². The molecule has 0 saturated carbocycles. The number of hydrogen-bond donors (Lipinski definition) is 0. The third kappa shape index (κ3) is 4.14. The first-order valence-electron chi connectivity index (χ1n) is 10.5. The van der Waals surface area contributed by atoms with Crippen molar-refractivity contribution in [2.24, 2.45) is 5.92 Å². The van der Waals surface area contributed by atoms with Crippen LogP contribution in [0.1, 0.15) is 46.5 Å². The molecule has 0 bridgehead atoms. The number of nitrogens with zero attached hydrogens (tertiary/aromatic N) is 1. The van der Waals surface area contributed by atoms with Crippen molar-refractivity contribution >= 4 is 10.9 Å². The molecule has 0 amide bonds. The molecule has 148 valence electrons. The third-order valence-electron chi connectivity index (χ3n) is 5.45. The van der Waals surface area contributed by atoms with Gasteiger partial charge in [0.1, 0.15) is 0 Å². The Hall–Kier alpha value is -2.55. The Bertz CT molecular complexity index is 959. The lowest BCUT2D eigenvalue weighted by molar-refractivity contribution is 0.333. The van der Waals surface area contributed by atoms with Gasteiger partial charge < -0.3 is 9.30 Å². The zero-order valence-electron chi connectivity index (χ0n) is 17.3. The molecule has 0 radical (unpaired) electrons. The molecule has 1 aromatic heterocycles. The number of rotatable bonds is 9. The normalized spacial score (nSPS) is 12.2. The maximum absolute atomic E-state index is 13.3. The molecule has 1 atom stereocenters. The van der Waals surface area contributed by atoms with Gasteiger partial charge in [0, 0.05) is 17.5 Å². The number of pyridine rings is 1. The van der Waals surface area contributed by atoms with E-state index >= 15 is 0 Å². The molecule has 0 spiro atoms. The fourth-order valence-corrected chi connectivity index (χ4v) is 3.90. The van der Waals surface area contributed by atoms with Gasteiger partial charge in [0.25, 0.3) is 0 Å². The highest BCUT2D eigenvalue weighted by atomic mass is 16.5. The summed E-state index contributed by atoms with van der Waals surface area (Å²) in [5.41, 5.74) is 2.90. The number of aromatic nitrogens is 1. The molecule has 0 aliphatic heterocycles. The van der Waals surface area contributed by atoms with Gasteiger partial charge in [0.05, 0.1) is 17.8 Å². The molecule has 0 aliphatic rings. The second kappa shape index (κ2) is 9.59. The summed E-state index contributed by atoms with van der Waals surface area (Å²) >= 11 is 0. The topological polar surface area (TPSA) is 31.2 Å². The van der Waals surface area contributed by atoms with Gasteiger partial charge in [-0.1, -0.05) is 75.6 Å². The number of ether oxygens (including phenoxy) is 1. The minimum absolute atomic E-state index is 0.0193. The Morgan fingerprint density at radius 1 is 0.964 bits per heavy atom. The summed E-state index contributed by atoms with van der Waals surface area (Å²) in [6.07, 6.45) is 4.76. The molecule has 1 heterocycles. The van der Waals surface area contributed by atoms with Crippen LogP contribution in [0.4, 0.5) is 0 Å². The van der Waals surface area contributed by atoms with Crippen LogP contribution in [-0.4, -0.2) is 11.2 Å². The van der Waals surface area contributed by atoms with Crippen molar-refractivity contribution in [3.05, 3.63) is 64.8 Å². The van der Waals surface area contributed by atoms with Crippen molar-refractivity contribution in [3.8, 4) is 17.0 Å². The van der Waals surface area contributed by atoms with E-state index in [0.29, 0.717) is 18.3 Å². The Morgan fingerprint density at radius 2 is 1.68 bits per heavy atom. The van der Waals surface area contributed by atoms with E-state index in [1.165, 1.54) is 19.3 Å². The lowest BCUT2D eigenvalue weighted by Gasteiger charge is -2.24. The van der Waals surface area contributed by atoms with Crippen LogP contribution in [0.3, 0.4) is 0 Å². The summed E-state index contributed by atoms with van der Waals surface area (Å²) in [6, 6.07) is 18.1. The molecule has 0 fully saturated rings. The van der Waals surface area contributed by atoms with Crippen LogP contribution in [0.5, 0.6) is 5.75 Å². The second-order valence-electron chi connectivity index (χ2n) is 7.35. The Labute approximate surface area is 168 Å². The Morgan fingerprint density at radius 3 is 2.36 bits per heavy atom. The molecule has 0 aliphatic carbocycles. The summed E-state index contributed by atoms with van der Waals surface area (Å²) < 4.78 is 8.25. The first-order valence-corrected chi connectivity index (χ1v) is 10.5. The van der Waals surface area contributed by atoms with Crippen LogP contribution in [0.15, 0.2) is 59.4 Å². The molecule has 0 N–H and O–H groups in total. The average molecular weight is 378 g/mol. The van der Waals surface area contributed by atoms with E-state index in [9.17, 15) is 4.79 Å². The summed E-state index contributed by atoms with van der Waals surface area (Å²) in [4.78, 5) is 13.3. The van der Waals surface area contributed by atoms with E-state index in [2.05, 4.69) is 36.6 Å². The summed E-state index contributed by atoms with van der Waals surface area (Å²) in [5.74, 6) is 1.04. The number of unbranched alkanes of at least 4 members (excludes halogenated alkanes) is 1. The summed E-state index contributed by atoms with van der Waals surface area (Å²) in [6.45, 7) is 7.80. The Balaban J connectivity index is 2.29. The van der Waals surface area contributed by atoms with Crippen LogP contribution in [0.2, 0.25) is 0 Å². The standard InChI is InChI=1S/C25H31NO2/c1-4-7-13-19(5-2)18-26-22-17-12-11-16-21(22)24(27)25(28-6-3)23(26)20-14-9-8-10-15-20/h8-12,14-17,19H,4-7,13,18H2,1-3H3. The van der Waals surface area contributed by atoms with Crippen molar-refractivity contribution in [1.82, 2.24) is 4.57 Å². The van der Waals surface area contributed by atoms with Crippen LogP contribution in [0.25, 0.3) is 22.2 Å². The fraction of sp³-hybridized carbons (Fsp3) is 0.400. The van der Waals surface area contributed by atoms with Crippen molar-refractivity contribution < 1.29 is 4.74 Å². The van der Waals surface area contributed by atoms with Gasteiger partial charge in [-0.3, -0.25) is 4.79 Å². The predicted octanol–water partition coefficient (Wildman–Crippen LogP) is 6.28. The highest BCUT2D eigenvalue weighted by Crippen LogP contribution is 2.33. The predicted molar refractivity (Wildman–Crippen MR) is 118 cm³/mol. The lowest BCUT2D eigenvalue weighted by atomic mass is 9.97. The van der Waals surface area contributed by atoms with Gasteiger partial charge in [-0.2, -0.15) is 0 Å². The maximum Gasteiger partial charge on any atom is 0.231 e. The Kier molecular flexibility index (Phi) is 6.91. The van der Waals surface area contributed by atoms with Crippen molar-refractivity contribution in [2.75, 3.05) is 6.61 Å². The maximum atomic E-state index is 13.3. The van der Waals surface area contributed by atoms with Gasteiger partial charge in [0.2, 0.25) is 5.43 Å². The molecule has 3 nitrogen and oxygen atoms in total. The number of benzene rings is 2. The first kappa shape index (κ1) is 20.2. The molecule has 3 heteroatoms. The lowest BCUT2D eigenvalue weighted by Crippen LogP contribution is -2.20. The number of hydrogen-bond acceptors (Lipinski definition) is 2. The summed E-state index contributed by atoms with van der Waals surface area (Å²) in [7, 11) is 0. The number of para-hydroxylation sites is 1. The smallest absolute Gasteiger partial charge is 0.231 e. The second-order valence-corrected chi connectivity index (χ2v) is 7.35. The van der Waals surface area contributed by atoms with E-state index in [1.54, 1.807) is 0 Å². The van der Waals surface area contributed by atoms with Crippen LogP contribution in [0, 0.1) is 5.92 Å². The van der Waals surface area contributed by atoms with Gasteiger partial charge in [-0.25, -0.2) is 0 Å². The van der Waals surface area contributed by atoms with Gasteiger partial charge in [-0.15, -0.1) is 0 Å². The highest BCUT2D eigenvalue weighted by molar-refractivity contribution is 5.86. The molecular weight excluding hydrogens is 346 g/mol. The minimum atomic E-state index is -0.0193. The first-order chi connectivity index (χ1) is 13.7. The zero-order chi connectivity index (χ0) is 19.9. The molecular formula is C25H31NO2. The third-order valence-corrected chi connectivity index (χ3v) is 5.45. The van der Waals surface area contributed by atoms with Crippen LogP contribution < -0.4 is 10.2 Å². The quantitative estimate of drug-likeness (QED) is 0.439. The largest absolute Gasteiger partial charge is 0.488 e. The SMILES string of the molecule is CCCCC(CC)Cn1c(-c2ccccc2)c(OCC)c(=O)c2ccccc21. The molecule has 28 heavy (non-hydrogen) atoms. The molecule has 2 aromatic carbocycles. The van der Waals surface area contributed by atoms with Crippen LogP contribution in [-0.2, 0) is 6.54 Å². The van der Waals surface area contributed by atoms with Crippen LogP contribution >= 0.6 is 0 Å². The van der Waals surface area contributed by atoms with Gasteiger partial charge >= 0.3 is 0 Å². The molecule has 3 aromatic rings. The van der Waals surface area contributed by atoms with E-state index in [-0.39, 0.29) is 5.43 Å². The highest BCUT2D eigenvalue weighted by Gasteiger charge is 2.21. The van der Waals surface area contributed by atoms with E-state index in [4.69, 9.17) is 4.74 Å². The van der Waals surface area contributed by atoms with Crippen molar-refractivity contribution in [3.63, 3.8) is 0 Å².